The number of nitrogens with one attached hydrogen (secondary N) is 1. The molecule has 1 aromatic carbocycles. The number of anilines is 1. The van der Waals surface area contributed by atoms with Gasteiger partial charge in [-0.05, 0) is 12.1 Å². The van der Waals surface area contributed by atoms with E-state index >= 15 is 0 Å². The van der Waals surface area contributed by atoms with Crippen molar-refractivity contribution < 1.29 is 0 Å². The number of hydrogen-bond donors (Lipinski definition) is 1. The molecule has 1 N–H and O–H groups in total. The van der Waals surface area contributed by atoms with Crippen LogP contribution in [0.1, 0.15) is 0 Å². The van der Waals surface area contributed by atoms with Crippen molar-refractivity contribution in [3.8, 4) is 0 Å². The number of rotatable bonds is 3. The van der Waals surface area contributed by atoms with E-state index in [4.69, 9.17) is 0 Å². The molecular weight excluding hydrogens is 206 g/mol. The standard InChI is InChI=1S/C11H15N3S/c1-2-4-11(5-3-1)13-12-10-14-6-8-15-9-7-14/h1-5,10,13H,6-9H2. The average molecular weight is 221 g/mol. The first-order chi connectivity index (χ1) is 7.45. The molecule has 0 aromatic heterocycles. The Hall–Kier alpha value is -1.16. The number of hydrogen-bond acceptors (Lipinski definition) is 3. The van der Waals surface area contributed by atoms with Crippen LogP contribution in [0.25, 0.3) is 0 Å². The first-order valence-corrected chi connectivity index (χ1v) is 6.27. The Kier molecular flexibility index (Phi) is 3.91. The number of nitrogens with zero attached hydrogens (tertiary/aromatic N) is 2. The predicted octanol–water partition coefficient (Wildman–Crippen LogP) is 2.09. The maximum Gasteiger partial charge on any atom is 0.111 e. The maximum absolute atomic E-state index is 4.21. The van der Waals surface area contributed by atoms with E-state index in [9.17, 15) is 0 Å². The number of thioether (sulfide) groups is 1. The normalized spacial score (nSPS) is 16.9. The molecule has 80 valence electrons. The van der Waals surface area contributed by atoms with Gasteiger partial charge in [0.25, 0.3) is 0 Å². The van der Waals surface area contributed by atoms with E-state index in [0.717, 1.165) is 18.8 Å². The van der Waals surface area contributed by atoms with Gasteiger partial charge in [-0.15, -0.1) is 0 Å². The molecule has 2 rings (SSSR count). The lowest BCUT2D eigenvalue weighted by Gasteiger charge is -2.23. The molecule has 3 nitrogen and oxygen atoms in total. The second-order valence-electron chi connectivity index (χ2n) is 3.37. The molecule has 4 heteroatoms. The molecule has 0 spiro atoms. The van der Waals surface area contributed by atoms with Gasteiger partial charge >= 0.3 is 0 Å². The molecule has 0 saturated carbocycles. The van der Waals surface area contributed by atoms with Crippen molar-refractivity contribution in [1.82, 2.24) is 4.90 Å². The lowest BCUT2D eigenvalue weighted by molar-refractivity contribution is 0.476. The summed E-state index contributed by atoms with van der Waals surface area (Å²) in [5.74, 6) is 2.41. The van der Waals surface area contributed by atoms with Gasteiger partial charge in [-0.25, -0.2) is 0 Å². The van der Waals surface area contributed by atoms with Crippen LogP contribution in [-0.4, -0.2) is 35.8 Å². The summed E-state index contributed by atoms with van der Waals surface area (Å²) < 4.78 is 0. The Morgan fingerprint density at radius 1 is 1.20 bits per heavy atom. The van der Waals surface area contributed by atoms with Gasteiger partial charge < -0.3 is 4.90 Å². The molecule has 1 aliphatic rings. The molecule has 0 radical (unpaired) electrons. The summed E-state index contributed by atoms with van der Waals surface area (Å²) in [5, 5.41) is 4.21. The number of hydrazone groups is 1. The van der Waals surface area contributed by atoms with Gasteiger partial charge in [0.15, 0.2) is 0 Å². The van der Waals surface area contributed by atoms with Crippen molar-refractivity contribution in [2.45, 2.75) is 0 Å². The zero-order chi connectivity index (χ0) is 10.3. The van der Waals surface area contributed by atoms with E-state index in [0.29, 0.717) is 0 Å². The third kappa shape index (κ3) is 3.47. The molecule has 1 heterocycles. The van der Waals surface area contributed by atoms with Crippen LogP contribution in [0, 0.1) is 0 Å². The summed E-state index contributed by atoms with van der Waals surface area (Å²) in [7, 11) is 0. The summed E-state index contributed by atoms with van der Waals surface area (Å²) in [6.07, 6.45) is 1.90. The van der Waals surface area contributed by atoms with Crippen LogP contribution in [0.3, 0.4) is 0 Å². The molecule has 1 aromatic rings. The molecule has 0 aliphatic carbocycles. The van der Waals surface area contributed by atoms with Crippen LogP contribution >= 0.6 is 11.8 Å². The fraction of sp³-hybridized carbons (Fsp3) is 0.364. The third-order valence-corrected chi connectivity index (χ3v) is 3.18. The SMILES string of the molecule is C(=NNc1ccccc1)N1CCSCC1. The van der Waals surface area contributed by atoms with Crippen LogP contribution in [0.2, 0.25) is 0 Å². The van der Waals surface area contributed by atoms with Crippen molar-refractivity contribution in [2.24, 2.45) is 5.10 Å². The fourth-order valence-electron chi connectivity index (χ4n) is 1.39. The highest BCUT2D eigenvalue weighted by Crippen LogP contribution is 2.07. The second-order valence-corrected chi connectivity index (χ2v) is 4.60. The Morgan fingerprint density at radius 2 is 1.93 bits per heavy atom. The molecule has 0 unspecified atom stereocenters. The molecule has 15 heavy (non-hydrogen) atoms. The van der Waals surface area contributed by atoms with E-state index in [1.807, 2.05) is 48.4 Å². The van der Waals surface area contributed by atoms with Crippen LogP contribution in [0.15, 0.2) is 35.4 Å². The van der Waals surface area contributed by atoms with Crippen LogP contribution in [0.5, 0.6) is 0 Å². The number of para-hydroxylation sites is 1. The van der Waals surface area contributed by atoms with Crippen molar-refractivity contribution in [3.63, 3.8) is 0 Å². The average Bonchev–Trinajstić information content (AvgIpc) is 2.32. The fourth-order valence-corrected chi connectivity index (χ4v) is 2.32. The van der Waals surface area contributed by atoms with E-state index in [2.05, 4.69) is 15.4 Å². The van der Waals surface area contributed by atoms with Crippen molar-refractivity contribution in [1.29, 1.82) is 0 Å². The largest absolute Gasteiger partial charge is 0.360 e. The second kappa shape index (κ2) is 5.66. The monoisotopic (exact) mass is 221 g/mol. The Bertz CT molecular complexity index is 307. The van der Waals surface area contributed by atoms with Crippen molar-refractivity contribution in [3.05, 3.63) is 30.3 Å². The Morgan fingerprint density at radius 3 is 2.67 bits per heavy atom. The first kappa shape index (κ1) is 10.4. The van der Waals surface area contributed by atoms with Gasteiger partial charge in [0.1, 0.15) is 6.34 Å². The smallest absolute Gasteiger partial charge is 0.111 e. The third-order valence-electron chi connectivity index (χ3n) is 2.23. The molecule has 1 fully saturated rings. The lowest BCUT2D eigenvalue weighted by atomic mass is 10.3. The van der Waals surface area contributed by atoms with Gasteiger partial charge in [0, 0.05) is 24.6 Å². The quantitative estimate of drug-likeness (QED) is 0.481. The summed E-state index contributed by atoms with van der Waals surface area (Å²) in [6, 6.07) is 9.99. The minimum atomic E-state index is 1.03. The van der Waals surface area contributed by atoms with E-state index in [1.165, 1.54) is 11.5 Å². The van der Waals surface area contributed by atoms with Crippen LogP contribution in [-0.2, 0) is 0 Å². The number of benzene rings is 1. The minimum absolute atomic E-state index is 1.03. The molecule has 0 amide bonds. The summed E-state index contributed by atoms with van der Waals surface area (Å²) in [5.41, 5.74) is 4.04. The molecule has 1 aliphatic heterocycles. The predicted molar refractivity (Wildman–Crippen MR) is 67.5 cm³/mol. The molecule has 0 bridgehead atoms. The molecular formula is C11H15N3S. The highest BCUT2D eigenvalue weighted by Gasteiger charge is 2.05. The zero-order valence-electron chi connectivity index (χ0n) is 8.60. The van der Waals surface area contributed by atoms with E-state index < -0.39 is 0 Å². The summed E-state index contributed by atoms with van der Waals surface area (Å²) in [4.78, 5) is 2.24. The lowest BCUT2D eigenvalue weighted by Crippen LogP contribution is -2.31. The molecule has 1 saturated heterocycles. The van der Waals surface area contributed by atoms with Crippen molar-refractivity contribution >= 4 is 23.8 Å². The zero-order valence-corrected chi connectivity index (χ0v) is 9.41. The van der Waals surface area contributed by atoms with Crippen molar-refractivity contribution in [2.75, 3.05) is 30.0 Å². The minimum Gasteiger partial charge on any atom is -0.360 e. The highest BCUT2D eigenvalue weighted by molar-refractivity contribution is 7.99. The Labute approximate surface area is 94.5 Å². The Balaban J connectivity index is 1.79. The summed E-state index contributed by atoms with van der Waals surface area (Å²) >= 11 is 2.00. The summed E-state index contributed by atoms with van der Waals surface area (Å²) in [6.45, 7) is 2.20. The topological polar surface area (TPSA) is 27.6 Å². The first-order valence-electron chi connectivity index (χ1n) is 5.11. The van der Waals surface area contributed by atoms with E-state index in [-0.39, 0.29) is 0 Å². The molecule has 0 atom stereocenters. The van der Waals surface area contributed by atoms with Crippen LogP contribution in [0.4, 0.5) is 5.69 Å². The van der Waals surface area contributed by atoms with Gasteiger partial charge in [-0.1, -0.05) is 18.2 Å². The maximum atomic E-state index is 4.21. The van der Waals surface area contributed by atoms with Crippen LogP contribution < -0.4 is 5.43 Å². The van der Waals surface area contributed by atoms with Gasteiger partial charge in [-0.2, -0.15) is 16.9 Å². The highest BCUT2D eigenvalue weighted by atomic mass is 32.2. The van der Waals surface area contributed by atoms with Gasteiger partial charge in [0.05, 0.1) is 5.69 Å². The van der Waals surface area contributed by atoms with Gasteiger partial charge in [0.2, 0.25) is 0 Å². The van der Waals surface area contributed by atoms with E-state index in [1.54, 1.807) is 0 Å². The van der Waals surface area contributed by atoms with Gasteiger partial charge in [-0.3, -0.25) is 5.43 Å².